The lowest BCUT2D eigenvalue weighted by molar-refractivity contribution is -0.121. The smallest absolute Gasteiger partial charge is 0.289 e. The molecule has 1 aromatic carbocycles. The number of anilines is 1. The van der Waals surface area contributed by atoms with Gasteiger partial charge in [0.2, 0.25) is 5.91 Å². The minimum atomic E-state index is -0.118. The number of fused-ring (bicyclic) bond motifs is 1. The molecule has 138 valence electrons. The molecule has 3 heterocycles. The number of hydrogen-bond donors (Lipinski definition) is 1. The highest BCUT2D eigenvalue weighted by Crippen LogP contribution is 2.27. The number of aromatic nitrogens is 1. The summed E-state index contributed by atoms with van der Waals surface area (Å²) in [5.41, 5.74) is 1.59. The molecule has 2 amide bonds. The number of nitrogens with zero attached hydrogens (tertiary/aromatic N) is 2. The third kappa shape index (κ3) is 3.43. The molecule has 1 saturated heterocycles. The zero-order valence-electron chi connectivity index (χ0n) is 15.1. The van der Waals surface area contributed by atoms with E-state index in [1.54, 1.807) is 23.2 Å². The lowest BCUT2D eigenvalue weighted by atomic mass is 9.95. The Morgan fingerprint density at radius 1 is 1.11 bits per heavy atom. The van der Waals surface area contributed by atoms with Crippen molar-refractivity contribution in [1.29, 1.82) is 0 Å². The van der Waals surface area contributed by atoms with Gasteiger partial charge < -0.3 is 14.6 Å². The lowest BCUT2D eigenvalue weighted by Gasteiger charge is -2.30. The van der Waals surface area contributed by atoms with Crippen molar-refractivity contribution in [3.05, 3.63) is 60.0 Å². The molecule has 0 radical (unpaired) electrons. The van der Waals surface area contributed by atoms with E-state index >= 15 is 0 Å². The van der Waals surface area contributed by atoms with Gasteiger partial charge in [0, 0.05) is 36.2 Å². The maximum absolute atomic E-state index is 12.9. The molecule has 4 rings (SSSR count). The third-order valence-corrected chi connectivity index (χ3v) is 5.11. The summed E-state index contributed by atoms with van der Waals surface area (Å²) in [4.78, 5) is 31.2. The summed E-state index contributed by atoms with van der Waals surface area (Å²) in [7, 11) is 0. The summed E-state index contributed by atoms with van der Waals surface area (Å²) in [5.74, 6) is 0.687. The van der Waals surface area contributed by atoms with Crippen LogP contribution in [0.5, 0.6) is 0 Å². The van der Waals surface area contributed by atoms with E-state index in [1.165, 1.54) is 0 Å². The maximum atomic E-state index is 12.9. The molecule has 1 aliphatic rings. The predicted octanol–water partition coefficient (Wildman–Crippen LogP) is 3.63. The fraction of sp³-hybridized carbons (Fsp3) is 0.286. The van der Waals surface area contributed by atoms with Crippen LogP contribution < -0.4 is 5.32 Å². The molecule has 1 N–H and O–H groups in total. The van der Waals surface area contributed by atoms with Gasteiger partial charge in [-0.3, -0.25) is 9.59 Å². The number of furan rings is 1. The van der Waals surface area contributed by atoms with Crippen molar-refractivity contribution < 1.29 is 14.0 Å². The number of rotatable bonds is 3. The highest BCUT2D eigenvalue weighted by atomic mass is 16.3. The van der Waals surface area contributed by atoms with E-state index in [0.717, 1.165) is 16.5 Å². The maximum Gasteiger partial charge on any atom is 0.289 e. The Bertz CT molecular complexity index is 973. The van der Waals surface area contributed by atoms with Gasteiger partial charge in [-0.05, 0) is 38.0 Å². The van der Waals surface area contributed by atoms with E-state index in [2.05, 4.69) is 10.3 Å². The fourth-order valence-corrected chi connectivity index (χ4v) is 3.53. The van der Waals surface area contributed by atoms with Gasteiger partial charge in [0.1, 0.15) is 11.4 Å². The molecule has 6 nitrogen and oxygen atoms in total. The second-order valence-electron chi connectivity index (χ2n) is 6.82. The van der Waals surface area contributed by atoms with E-state index in [1.807, 2.05) is 37.3 Å². The number of aryl methyl sites for hydroxylation is 1. The van der Waals surface area contributed by atoms with E-state index in [0.29, 0.717) is 37.5 Å². The number of amides is 2. The van der Waals surface area contributed by atoms with Crippen molar-refractivity contribution in [3.8, 4) is 0 Å². The Labute approximate surface area is 157 Å². The molecule has 0 aliphatic carbocycles. The quantitative estimate of drug-likeness (QED) is 0.771. The van der Waals surface area contributed by atoms with Crippen molar-refractivity contribution in [1.82, 2.24) is 9.88 Å². The zero-order valence-corrected chi connectivity index (χ0v) is 15.1. The number of carbonyl (C=O) groups is 2. The number of carbonyl (C=O) groups excluding carboxylic acids is 2. The zero-order chi connectivity index (χ0) is 18.8. The monoisotopic (exact) mass is 363 g/mol. The molecule has 1 fully saturated rings. The van der Waals surface area contributed by atoms with Crippen LogP contribution in [0.25, 0.3) is 11.0 Å². The van der Waals surface area contributed by atoms with Gasteiger partial charge >= 0.3 is 0 Å². The molecular formula is C21H21N3O3. The molecule has 0 unspecified atom stereocenters. The SMILES string of the molecule is Cc1c(C(=O)N2CCC(C(=O)Nc3ccccn3)CC2)oc2ccccc12. The number of nitrogens with one attached hydrogen (secondary N) is 1. The second-order valence-corrected chi connectivity index (χ2v) is 6.82. The average Bonchev–Trinajstić information content (AvgIpc) is 3.05. The number of piperidine rings is 1. The van der Waals surface area contributed by atoms with E-state index < -0.39 is 0 Å². The van der Waals surface area contributed by atoms with Gasteiger partial charge in [0.05, 0.1) is 0 Å². The normalized spacial score (nSPS) is 15.1. The number of pyridine rings is 1. The predicted molar refractivity (Wildman–Crippen MR) is 102 cm³/mol. The van der Waals surface area contributed by atoms with Gasteiger partial charge in [-0.1, -0.05) is 24.3 Å². The molecule has 2 aromatic heterocycles. The summed E-state index contributed by atoms with van der Waals surface area (Å²) < 4.78 is 5.79. The van der Waals surface area contributed by atoms with Crippen LogP contribution in [0.15, 0.2) is 53.1 Å². The fourth-order valence-electron chi connectivity index (χ4n) is 3.53. The second kappa shape index (κ2) is 7.23. The molecule has 0 bridgehead atoms. The largest absolute Gasteiger partial charge is 0.451 e. The summed E-state index contributed by atoms with van der Waals surface area (Å²) in [6.07, 6.45) is 2.90. The minimum Gasteiger partial charge on any atom is -0.451 e. The first-order valence-electron chi connectivity index (χ1n) is 9.13. The minimum absolute atomic E-state index is 0.0410. The number of likely N-dealkylation sites (tertiary alicyclic amines) is 1. The van der Waals surface area contributed by atoms with Crippen molar-refractivity contribution >= 4 is 28.6 Å². The Balaban J connectivity index is 1.40. The lowest BCUT2D eigenvalue weighted by Crippen LogP contribution is -2.41. The molecule has 3 aromatic rings. The summed E-state index contributed by atoms with van der Waals surface area (Å²) in [5, 5.41) is 3.81. The summed E-state index contributed by atoms with van der Waals surface area (Å²) >= 11 is 0. The molecule has 0 atom stereocenters. The number of benzene rings is 1. The van der Waals surface area contributed by atoms with Gasteiger partial charge in [-0.25, -0.2) is 4.98 Å². The highest BCUT2D eigenvalue weighted by Gasteiger charge is 2.30. The van der Waals surface area contributed by atoms with Gasteiger partial charge in [0.15, 0.2) is 5.76 Å². The van der Waals surface area contributed by atoms with Crippen molar-refractivity contribution in [3.63, 3.8) is 0 Å². The van der Waals surface area contributed by atoms with E-state index in [4.69, 9.17) is 4.42 Å². The number of hydrogen-bond acceptors (Lipinski definition) is 4. The van der Waals surface area contributed by atoms with Gasteiger partial charge in [0.25, 0.3) is 5.91 Å². The molecule has 0 spiro atoms. The summed E-state index contributed by atoms with van der Waals surface area (Å²) in [6, 6.07) is 13.1. The molecule has 27 heavy (non-hydrogen) atoms. The molecular weight excluding hydrogens is 342 g/mol. The third-order valence-electron chi connectivity index (χ3n) is 5.11. The Kier molecular flexibility index (Phi) is 4.62. The van der Waals surface area contributed by atoms with Crippen LogP contribution in [0.4, 0.5) is 5.82 Å². The van der Waals surface area contributed by atoms with Crippen LogP contribution in [-0.4, -0.2) is 34.8 Å². The van der Waals surface area contributed by atoms with Crippen molar-refractivity contribution in [2.45, 2.75) is 19.8 Å². The van der Waals surface area contributed by atoms with Gasteiger partial charge in [-0.15, -0.1) is 0 Å². The Morgan fingerprint density at radius 3 is 2.56 bits per heavy atom. The number of para-hydroxylation sites is 1. The first-order chi connectivity index (χ1) is 13.1. The Morgan fingerprint density at radius 2 is 1.85 bits per heavy atom. The molecule has 0 saturated carbocycles. The van der Waals surface area contributed by atoms with Crippen molar-refractivity contribution in [2.75, 3.05) is 18.4 Å². The first-order valence-corrected chi connectivity index (χ1v) is 9.13. The van der Waals surface area contributed by atoms with Crippen LogP contribution in [0.3, 0.4) is 0 Å². The van der Waals surface area contributed by atoms with Crippen molar-refractivity contribution in [2.24, 2.45) is 5.92 Å². The van der Waals surface area contributed by atoms with Crippen LogP contribution in [0, 0.1) is 12.8 Å². The van der Waals surface area contributed by atoms with Gasteiger partial charge in [-0.2, -0.15) is 0 Å². The van der Waals surface area contributed by atoms with Crippen LogP contribution in [-0.2, 0) is 4.79 Å². The van der Waals surface area contributed by atoms with E-state index in [-0.39, 0.29) is 17.7 Å². The first kappa shape index (κ1) is 17.3. The molecule has 6 heteroatoms. The standard InChI is InChI=1S/C21H21N3O3/c1-14-16-6-2-3-7-17(16)27-19(14)21(26)24-12-9-15(10-13-24)20(25)23-18-8-4-5-11-22-18/h2-8,11,15H,9-10,12-13H2,1H3,(H,22,23,25). The highest BCUT2D eigenvalue weighted by molar-refractivity contribution is 5.99. The van der Waals surface area contributed by atoms with E-state index in [9.17, 15) is 9.59 Å². The Hall–Kier alpha value is -3.15. The van der Waals surface area contributed by atoms with Crippen LogP contribution in [0.2, 0.25) is 0 Å². The van der Waals surface area contributed by atoms with Crippen LogP contribution >= 0.6 is 0 Å². The average molecular weight is 363 g/mol. The topological polar surface area (TPSA) is 75.4 Å². The summed E-state index contributed by atoms with van der Waals surface area (Å²) in [6.45, 7) is 2.98. The molecule has 1 aliphatic heterocycles. The van der Waals surface area contributed by atoms with Crippen LogP contribution in [0.1, 0.15) is 29.0 Å².